The first-order valence-electron chi connectivity index (χ1n) is 10.9. The van der Waals surface area contributed by atoms with Crippen LogP contribution in [0.2, 0.25) is 0 Å². The maximum Gasteiger partial charge on any atom is 0.143 e. The van der Waals surface area contributed by atoms with E-state index in [2.05, 4.69) is 108 Å². The zero-order chi connectivity index (χ0) is 24.9. The van der Waals surface area contributed by atoms with Gasteiger partial charge in [0.2, 0.25) is 0 Å². The Kier molecular flexibility index (Phi) is 7.72. The first kappa shape index (κ1) is 25.1. The molecule has 3 aromatic carbocycles. The summed E-state index contributed by atoms with van der Waals surface area (Å²) < 4.78 is 27.2. The molecular formula is C27H25N2O3PS2. The van der Waals surface area contributed by atoms with Gasteiger partial charge < -0.3 is 4.55 Å². The molecule has 2 aromatic heterocycles. The van der Waals surface area contributed by atoms with Crippen molar-refractivity contribution in [2.75, 3.05) is 6.26 Å². The molecule has 0 N–H and O–H groups in total. The lowest BCUT2D eigenvalue weighted by Crippen LogP contribution is -2.32. The van der Waals surface area contributed by atoms with Crippen LogP contribution >= 0.6 is 18.6 Å². The molecule has 5 rings (SSSR count). The van der Waals surface area contributed by atoms with E-state index in [1.807, 2.05) is 6.92 Å². The summed E-state index contributed by atoms with van der Waals surface area (Å²) in [7, 11) is -5.84. The van der Waals surface area contributed by atoms with Gasteiger partial charge in [0.25, 0.3) is 0 Å². The highest BCUT2D eigenvalue weighted by Gasteiger charge is 2.45. The van der Waals surface area contributed by atoms with E-state index >= 15 is 0 Å². The number of hydrogen-bond donors (Lipinski definition) is 0. The standard InChI is InChI=1S/C26H22N2PS.CH4O3S/c1-20-27-25-18-17-21(28-26(25)30-20)19-29(22-11-5-2-6-12-22,23-13-7-3-8-14-23)24-15-9-4-10-16-24;1-5(2,3)4/h2-18H,19H2,1H3;1H3,(H,2,3,4)/q+1;/p-1. The molecular weight excluding hydrogens is 495 g/mol. The second-order valence-electron chi connectivity index (χ2n) is 8.04. The Labute approximate surface area is 210 Å². The van der Waals surface area contributed by atoms with Crippen molar-refractivity contribution >= 4 is 55.0 Å². The summed E-state index contributed by atoms with van der Waals surface area (Å²) in [5.41, 5.74) is 2.11. The predicted molar refractivity (Wildman–Crippen MR) is 147 cm³/mol. The fourth-order valence-electron chi connectivity index (χ4n) is 4.06. The maximum absolute atomic E-state index is 9.08. The lowest BCUT2D eigenvalue weighted by Gasteiger charge is -2.27. The van der Waals surface area contributed by atoms with Crippen molar-refractivity contribution in [3.05, 3.63) is 114 Å². The van der Waals surface area contributed by atoms with E-state index in [0.717, 1.165) is 27.2 Å². The average molecular weight is 521 g/mol. The van der Waals surface area contributed by atoms with Crippen LogP contribution in [0.25, 0.3) is 10.3 Å². The minimum Gasteiger partial charge on any atom is -0.748 e. The van der Waals surface area contributed by atoms with Crippen molar-refractivity contribution in [1.82, 2.24) is 9.97 Å². The van der Waals surface area contributed by atoms with Crippen LogP contribution in [0.4, 0.5) is 0 Å². The fourth-order valence-corrected chi connectivity index (χ4v) is 9.02. The van der Waals surface area contributed by atoms with E-state index in [1.165, 1.54) is 15.9 Å². The summed E-state index contributed by atoms with van der Waals surface area (Å²) in [6.07, 6.45) is 1.49. The van der Waals surface area contributed by atoms with Crippen LogP contribution in [-0.4, -0.2) is 29.2 Å². The van der Waals surface area contributed by atoms with Crippen LogP contribution in [0.1, 0.15) is 10.7 Å². The van der Waals surface area contributed by atoms with Gasteiger partial charge >= 0.3 is 0 Å². The third-order valence-corrected chi connectivity index (χ3v) is 10.6. The maximum atomic E-state index is 9.08. The Balaban J connectivity index is 0.000000527. The summed E-state index contributed by atoms with van der Waals surface area (Å²) in [4.78, 5) is 10.7. The molecule has 0 saturated carbocycles. The zero-order valence-corrected chi connectivity index (χ0v) is 21.9. The fraction of sp³-hybridized carbons (Fsp3) is 0.111. The molecule has 178 valence electrons. The van der Waals surface area contributed by atoms with Gasteiger partial charge in [-0.1, -0.05) is 65.9 Å². The highest BCUT2D eigenvalue weighted by atomic mass is 32.2. The first-order valence-corrected chi connectivity index (χ1v) is 15.6. The summed E-state index contributed by atoms with van der Waals surface area (Å²) >= 11 is 1.67. The largest absolute Gasteiger partial charge is 0.748 e. The van der Waals surface area contributed by atoms with Crippen molar-refractivity contribution in [1.29, 1.82) is 0 Å². The van der Waals surface area contributed by atoms with Crippen molar-refractivity contribution in [2.45, 2.75) is 13.1 Å². The number of benzene rings is 3. The molecule has 0 aliphatic carbocycles. The third kappa shape index (κ3) is 6.19. The number of aryl methyl sites for hydroxylation is 1. The van der Waals surface area contributed by atoms with E-state index in [9.17, 15) is 0 Å². The smallest absolute Gasteiger partial charge is 0.143 e. The Morgan fingerprint density at radius 3 is 1.60 bits per heavy atom. The lowest BCUT2D eigenvalue weighted by atomic mass is 10.3. The van der Waals surface area contributed by atoms with Crippen molar-refractivity contribution in [3.8, 4) is 0 Å². The first-order chi connectivity index (χ1) is 16.8. The second kappa shape index (κ2) is 10.8. The van der Waals surface area contributed by atoms with Crippen LogP contribution < -0.4 is 15.9 Å². The highest BCUT2D eigenvalue weighted by molar-refractivity contribution is 7.95. The molecule has 0 bridgehead atoms. The van der Waals surface area contributed by atoms with Crippen molar-refractivity contribution in [3.63, 3.8) is 0 Å². The van der Waals surface area contributed by atoms with Gasteiger partial charge in [0.1, 0.15) is 39.7 Å². The van der Waals surface area contributed by atoms with Gasteiger partial charge in [-0.25, -0.2) is 18.4 Å². The number of fused-ring (bicyclic) bond motifs is 1. The number of rotatable bonds is 5. The van der Waals surface area contributed by atoms with E-state index in [-0.39, 0.29) is 0 Å². The van der Waals surface area contributed by atoms with Gasteiger partial charge in [-0.05, 0) is 55.5 Å². The van der Waals surface area contributed by atoms with Gasteiger partial charge in [-0.3, -0.25) is 0 Å². The van der Waals surface area contributed by atoms with Gasteiger partial charge in [0, 0.05) is 6.26 Å². The van der Waals surface area contributed by atoms with Gasteiger partial charge in [-0.2, -0.15) is 0 Å². The molecule has 2 heterocycles. The molecule has 0 spiro atoms. The molecule has 0 fully saturated rings. The Morgan fingerprint density at radius 1 is 0.743 bits per heavy atom. The summed E-state index contributed by atoms with van der Waals surface area (Å²) in [6, 6.07) is 37.2. The molecule has 35 heavy (non-hydrogen) atoms. The summed E-state index contributed by atoms with van der Waals surface area (Å²) in [5, 5.41) is 5.20. The van der Waals surface area contributed by atoms with Crippen molar-refractivity contribution < 1.29 is 13.0 Å². The molecule has 0 aliphatic heterocycles. The molecule has 0 amide bonds. The Hall–Kier alpha value is -2.96. The third-order valence-electron chi connectivity index (χ3n) is 5.41. The summed E-state index contributed by atoms with van der Waals surface area (Å²) in [5.74, 6) is 0. The van der Waals surface area contributed by atoms with Crippen LogP contribution in [0, 0.1) is 6.92 Å². The quantitative estimate of drug-likeness (QED) is 0.249. The zero-order valence-electron chi connectivity index (χ0n) is 19.4. The second-order valence-corrected chi connectivity index (χ2v) is 14.1. The van der Waals surface area contributed by atoms with E-state index in [4.69, 9.17) is 18.0 Å². The van der Waals surface area contributed by atoms with E-state index < -0.39 is 17.4 Å². The van der Waals surface area contributed by atoms with Gasteiger partial charge in [-0.15, -0.1) is 0 Å². The molecule has 5 nitrogen and oxygen atoms in total. The minimum absolute atomic E-state index is 0.604. The molecule has 0 radical (unpaired) electrons. The SMILES string of the molecule is CS(=O)(=O)[O-].Cc1nc2ccc(C[P+](c3ccccc3)(c3ccccc3)c3ccccc3)nc2s1. The van der Waals surface area contributed by atoms with Crippen LogP contribution in [0.3, 0.4) is 0 Å². The van der Waals surface area contributed by atoms with Crippen LogP contribution in [-0.2, 0) is 16.3 Å². The lowest BCUT2D eigenvalue weighted by molar-refractivity contribution is 0.470. The average Bonchev–Trinajstić information content (AvgIpc) is 3.22. The predicted octanol–water partition coefficient (Wildman–Crippen LogP) is 4.66. The number of aromatic nitrogens is 2. The minimum atomic E-state index is -3.92. The highest BCUT2D eigenvalue weighted by Crippen LogP contribution is 2.57. The Morgan fingerprint density at radius 2 is 1.17 bits per heavy atom. The molecule has 0 atom stereocenters. The molecule has 0 aliphatic rings. The molecule has 0 saturated heterocycles. The monoisotopic (exact) mass is 520 g/mol. The van der Waals surface area contributed by atoms with Crippen LogP contribution in [0.5, 0.6) is 0 Å². The van der Waals surface area contributed by atoms with Gasteiger partial charge in [0.05, 0.1) is 20.8 Å². The summed E-state index contributed by atoms with van der Waals surface area (Å²) in [6.45, 7) is 2.04. The molecule has 5 aromatic rings. The Bertz CT molecular complexity index is 1400. The van der Waals surface area contributed by atoms with E-state index in [1.54, 1.807) is 11.3 Å². The normalized spacial score (nSPS) is 11.6. The number of pyridine rings is 1. The molecule has 0 unspecified atom stereocenters. The van der Waals surface area contributed by atoms with E-state index in [0.29, 0.717) is 6.26 Å². The van der Waals surface area contributed by atoms with Gasteiger partial charge in [0.15, 0.2) is 0 Å². The number of nitrogens with zero attached hydrogens (tertiary/aromatic N) is 2. The topological polar surface area (TPSA) is 83.0 Å². The number of hydrogen-bond acceptors (Lipinski definition) is 6. The van der Waals surface area contributed by atoms with Crippen LogP contribution in [0.15, 0.2) is 103 Å². The number of thiazole rings is 1. The molecule has 8 heteroatoms. The van der Waals surface area contributed by atoms with Crippen molar-refractivity contribution in [2.24, 2.45) is 0 Å².